The molecular formula is C35H30BrCl2N3O6. The van der Waals surface area contributed by atoms with Gasteiger partial charge in [-0.25, -0.2) is 0 Å². The van der Waals surface area contributed by atoms with E-state index in [4.69, 9.17) is 27.9 Å². The molecule has 4 fully saturated rings. The number of carbonyl (C=O) groups excluding carboxylic acids is 4. The zero-order valence-corrected chi connectivity index (χ0v) is 28.2. The number of alkyl halides is 3. The van der Waals surface area contributed by atoms with Crippen LogP contribution in [0.15, 0.2) is 72.3 Å². The summed E-state index contributed by atoms with van der Waals surface area (Å²) in [7, 11) is 0. The van der Waals surface area contributed by atoms with Gasteiger partial charge >= 0.3 is 0 Å². The summed E-state index contributed by atoms with van der Waals surface area (Å²) in [5.41, 5.74) is 2.32. The van der Waals surface area contributed by atoms with Crippen LogP contribution in [-0.2, 0) is 23.9 Å². The van der Waals surface area contributed by atoms with E-state index in [1.165, 1.54) is 4.90 Å². The SMILES string of the molecule is O=C1C2CC=C3C(CC4(Cl)C(=O)N(CBr)C(=O)C4(Cl)C3c3c(O)ccc4ccccc34)C2C(=O)N1c1ccc(N2CCOCC2)cc1. The van der Waals surface area contributed by atoms with Crippen LogP contribution < -0.4 is 9.80 Å². The van der Waals surface area contributed by atoms with Gasteiger partial charge in [-0.2, -0.15) is 0 Å². The van der Waals surface area contributed by atoms with E-state index in [1.807, 2.05) is 42.5 Å². The number of hydrogen-bond acceptors (Lipinski definition) is 7. The van der Waals surface area contributed by atoms with Gasteiger partial charge in [-0.1, -0.05) is 57.9 Å². The third-order valence-electron chi connectivity index (χ3n) is 10.7. The molecule has 242 valence electrons. The van der Waals surface area contributed by atoms with E-state index in [0.29, 0.717) is 35.4 Å². The minimum atomic E-state index is -2.00. The van der Waals surface area contributed by atoms with Crippen LogP contribution in [0, 0.1) is 17.8 Å². The number of morpholine rings is 1. The molecule has 0 bridgehead atoms. The fraction of sp³-hybridized carbons (Fsp3) is 0.371. The Morgan fingerprint density at radius 1 is 0.872 bits per heavy atom. The van der Waals surface area contributed by atoms with Crippen LogP contribution >= 0.6 is 39.1 Å². The first-order valence-electron chi connectivity index (χ1n) is 15.6. The highest BCUT2D eigenvalue weighted by atomic mass is 79.9. The Bertz CT molecular complexity index is 1900. The molecule has 5 aliphatic rings. The average molecular weight is 739 g/mol. The zero-order valence-electron chi connectivity index (χ0n) is 25.1. The lowest BCUT2D eigenvalue weighted by atomic mass is 9.56. The van der Waals surface area contributed by atoms with Crippen molar-refractivity contribution in [3.63, 3.8) is 0 Å². The number of phenols is 1. The molecule has 3 aliphatic heterocycles. The second-order valence-corrected chi connectivity index (χ2v) is 14.6. The number of rotatable bonds is 4. The summed E-state index contributed by atoms with van der Waals surface area (Å²) in [6, 6.07) is 18.1. The predicted octanol–water partition coefficient (Wildman–Crippen LogP) is 5.30. The minimum absolute atomic E-state index is 0.107. The Morgan fingerprint density at radius 2 is 1.57 bits per heavy atom. The first-order valence-corrected chi connectivity index (χ1v) is 17.5. The van der Waals surface area contributed by atoms with Crippen molar-refractivity contribution >= 4 is 84.9 Å². The van der Waals surface area contributed by atoms with Crippen molar-refractivity contribution in [2.45, 2.75) is 28.5 Å². The van der Waals surface area contributed by atoms with Gasteiger partial charge in [-0.15, -0.1) is 23.2 Å². The van der Waals surface area contributed by atoms with Gasteiger partial charge in [0.2, 0.25) is 11.8 Å². The monoisotopic (exact) mass is 737 g/mol. The quantitative estimate of drug-likeness (QED) is 0.168. The number of ether oxygens (including phenoxy) is 1. The molecular weight excluding hydrogens is 709 g/mol. The summed E-state index contributed by atoms with van der Waals surface area (Å²) in [5, 5.41) is 12.9. The Kier molecular flexibility index (Phi) is 7.26. The van der Waals surface area contributed by atoms with Crippen molar-refractivity contribution in [2.24, 2.45) is 17.8 Å². The molecule has 47 heavy (non-hydrogen) atoms. The van der Waals surface area contributed by atoms with Crippen LogP contribution in [-0.4, -0.2) is 75.1 Å². The number of allylic oxidation sites excluding steroid dienone is 2. The predicted molar refractivity (Wildman–Crippen MR) is 181 cm³/mol. The van der Waals surface area contributed by atoms with Gasteiger partial charge in [0.25, 0.3) is 11.8 Å². The number of likely N-dealkylation sites (tertiary alicyclic amines) is 1. The van der Waals surface area contributed by atoms with Gasteiger partial charge in [0.1, 0.15) is 5.75 Å². The highest BCUT2D eigenvalue weighted by molar-refractivity contribution is 9.09. The number of halogens is 3. The lowest BCUT2D eigenvalue weighted by Gasteiger charge is -2.51. The summed E-state index contributed by atoms with van der Waals surface area (Å²) in [5.74, 6) is -5.42. The number of carbonyl (C=O) groups is 4. The fourth-order valence-corrected chi connectivity index (χ4v) is 9.96. The number of phenolic OH excluding ortho intramolecular Hbond substituents is 1. The van der Waals surface area contributed by atoms with E-state index in [0.717, 1.165) is 29.1 Å². The maximum atomic E-state index is 14.4. The number of nitrogens with zero attached hydrogens (tertiary/aromatic N) is 3. The second kappa shape index (κ2) is 11.1. The second-order valence-electron chi connectivity index (χ2n) is 12.8. The van der Waals surface area contributed by atoms with Gasteiger partial charge in [0, 0.05) is 30.3 Å². The molecule has 12 heteroatoms. The Labute approximate surface area is 289 Å². The van der Waals surface area contributed by atoms with Crippen LogP contribution in [0.1, 0.15) is 24.3 Å². The molecule has 0 radical (unpaired) electrons. The molecule has 6 unspecified atom stereocenters. The molecule has 1 saturated carbocycles. The molecule has 3 saturated heterocycles. The number of amides is 4. The molecule has 2 aliphatic carbocycles. The van der Waals surface area contributed by atoms with Gasteiger partial charge in [-0.05, 0) is 59.9 Å². The van der Waals surface area contributed by atoms with Crippen LogP contribution in [0.25, 0.3) is 10.8 Å². The van der Waals surface area contributed by atoms with E-state index in [2.05, 4.69) is 20.8 Å². The molecule has 1 N–H and O–H groups in total. The van der Waals surface area contributed by atoms with E-state index >= 15 is 0 Å². The van der Waals surface area contributed by atoms with Crippen LogP contribution in [0.5, 0.6) is 5.75 Å². The third kappa shape index (κ3) is 4.17. The smallest absolute Gasteiger partial charge is 0.254 e. The Hall–Kier alpha value is -3.44. The van der Waals surface area contributed by atoms with E-state index in [1.54, 1.807) is 24.3 Å². The van der Waals surface area contributed by atoms with Crippen molar-refractivity contribution in [1.29, 1.82) is 0 Å². The van der Waals surface area contributed by atoms with Crippen molar-refractivity contribution < 1.29 is 29.0 Å². The van der Waals surface area contributed by atoms with Gasteiger partial charge in [-0.3, -0.25) is 29.0 Å². The number of aromatic hydroxyl groups is 1. The van der Waals surface area contributed by atoms with E-state index < -0.39 is 45.2 Å². The maximum absolute atomic E-state index is 14.4. The highest BCUT2D eigenvalue weighted by Crippen LogP contribution is 2.66. The number of benzene rings is 3. The molecule has 3 aromatic rings. The normalized spacial score (nSPS) is 32.1. The lowest BCUT2D eigenvalue weighted by molar-refractivity contribution is -0.138. The third-order valence-corrected chi connectivity index (χ3v) is 12.7. The number of imide groups is 2. The summed E-state index contributed by atoms with van der Waals surface area (Å²) in [6.07, 6.45) is 1.99. The molecule has 3 heterocycles. The Balaban J connectivity index is 1.24. The minimum Gasteiger partial charge on any atom is -0.508 e. The summed E-state index contributed by atoms with van der Waals surface area (Å²) >= 11 is 18.0. The summed E-state index contributed by atoms with van der Waals surface area (Å²) < 4.78 is 5.46. The van der Waals surface area contributed by atoms with Crippen molar-refractivity contribution in [2.75, 3.05) is 41.6 Å². The van der Waals surface area contributed by atoms with Crippen LogP contribution in [0.3, 0.4) is 0 Å². The molecule has 4 amide bonds. The van der Waals surface area contributed by atoms with E-state index in [-0.39, 0.29) is 35.9 Å². The van der Waals surface area contributed by atoms with Crippen molar-refractivity contribution in [3.05, 3.63) is 77.9 Å². The standard InChI is InChI=1S/C35H30BrCl2N3O6/c36-18-40-32(45)34(37)17-25-23(29(35(34,38)33(40)46)28-22-4-2-1-3-19(22)5-12-26(28)42)10-11-24-27(25)31(44)41(30(24)43)21-8-6-20(7-9-21)39-13-15-47-16-14-39/h1-10,12,24-25,27,29,42H,11,13-18H2. The molecule has 0 aromatic heterocycles. The number of hydrogen-bond donors (Lipinski definition) is 1. The highest BCUT2D eigenvalue weighted by Gasteiger charge is 2.76. The first kappa shape index (κ1) is 30.9. The topological polar surface area (TPSA) is 107 Å². The van der Waals surface area contributed by atoms with Crippen molar-refractivity contribution in [3.8, 4) is 5.75 Å². The van der Waals surface area contributed by atoms with Gasteiger partial charge < -0.3 is 14.7 Å². The average Bonchev–Trinajstić information content (AvgIpc) is 3.43. The molecule has 6 atom stereocenters. The number of fused-ring (bicyclic) bond motifs is 5. The first-order chi connectivity index (χ1) is 22.6. The van der Waals surface area contributed by atoms with Crippen LogP contribution in [0.4, 0.5) is 11.4 Å². The fourth-order valence-electron chi connectivity index (χ4n) is 8.55. The summed E-state index contributed by atoms with van der Waals surface area (Å²) in [6.45, 7) is 2.78. The molecule has 8 rings (SSSR count). The van der Waals surface area contributed by atoms with Gasteiger partial charge in [0.05, 0.1) is 36.2 Å². The molecule has 9 nitrogen and oxygen atoms in total. The van der Waals surface area contributed by atoms with Crippen molar-refractivity contribution in [1.82, 2.24) is 4.90 Å². The lowest BCUT2D eigenvalue weighted by Crippen LogP contribution is -2.60. The Morgan fingerprint density at radius 3 is 2.30 bits per heavy atom. The molecule has 0 spiro atoms. The maximum Gasteiger partial charge on any atom is 0.254 e. The van der Waals surface area contributed by atoms with Crippen LogP contribution in [0.2, 0.25) is 0 Å². The largest absolute Gasteiger partial charge is 0.508 e. The van der Waals surface area contributed by atoms with E-state index in [9.17, 15) is 24.3 Å². The summed E-state index contributed by atoms with van der Waals surface area (Å²) in [4.78, 5) is 57.0. The zero-order chi connectivity index (χ0) is 32.8. The van der Waals surface area contributed by atoms with Gasteiger partial charge in [0.15, 0.2) is 9.75 Å². The number of anilines is 2. The molecule has 3 aromatic carbocycles.